The second-order valence-corrected chi connectivity index (χ2v) is 2.36. The lowest BCUT2D eigenvalue weighted by molar-refractivity contribution is 0.137. The maximum Gasteiger partial charge on any atom is 0.424 e. The standard InChI is InChI=1S/C7H12ClNO2/c1-3-5-9(8)7(10)11-6-4-2/h4H,2-3,5-6H2,1H3. The van der Waals surface area contributed by atoms with Gasteiger partial charge in [-0.1, -0.05) is 19.6 Å². The van der Waals surface area contributed by atoms with Gasteiger partial charge in [-0.3, -0.25) is 0 Å². The summed E-state index contributed by atoms with van der Waals surface area (Å²) in [7, 11) is 0. The molecule has 0 heterocycles. The molecule has 11 heavy (non-hydrogen) atoms. The van der Waals surface area contributed by atoms with Crippen molar-refractivity contribution in [2.45, 2.75) is 13.3 Å². The molecule has 0 aliphatic rings. The topological polar surface area (TPSA) is 29.5 Å². The van der Waals surface area contributed by atoms with E-state index in [1.165, 1.54) is 6.08 Å². The molecular weight excluding hydrogens is 166 g/mol. The number of hydrogen-bond acceptors (Lipinski definition) is 2. The first kappa shape index (κ1) is 10.3. The van der Waals surface area contributed by atoms with Gasteiger partial charge in [-0.05, 0) is 6.42 Å². The van der Waals surface area contributed by atoms with E-state index in [4.69, 9.17) is 11.8 Å². The smallest absolute Gasteiger partial charge is 0.424 e. The molecule has 0 unspecified atom stereocenters. The largest absolute Gasteiger partial charge is 0.444 e. The van der Waals surface area contributed by atoms with E-state index in [1.807, 2.05) is 6.92 Å². The van der Waals surface area contributed by atoms with Crippen molar-refractivity contribution in [3.05, 3.63) is 12.7 Å². The van der Waals surface area contributed by atoms with E-state index in [-0.39, 0.29) is 6.61 Å². The van der Waals surface area contributed by atoms with Crippen LogP contribution < -0.4 is 0 Å². The normalized spacial score (nSPS) is 8.91. The summed E-state index contributed by atoms with van der Waals surface area (Å²) in [5, 5.41) is 0. The van der Waals surface area contributed by atoms with Gasteiger partial charge < -0.3 is 4.74 Å². The molecule has 0 aliphatic carbocycles. The molecule has 0 N–H and O–H groups in total. The monoisotopic (exact) mass is 177 g/mol. The second-order valence-electron chi connectivity index (χ2n) is 1.95. The highest BCUT2D eigenvalue weighted by Gasteiger charge is 2.09. The Labute approximate surface area is 71.7 Å². The maximum atomic E-state index is 10.8. The van der Waals surface area contributed by atoms with Gasteiger partial charge in [0.1, 0.15) is 6.61 Å². The van der Waals surface area contributed by atoms with Gasteiger partial charge in [0.2, 0.25) is 0 Å². The van der Waals surface area contributed by atoms with Crippen LogP contribution in [0, 0.1) is 0 Å². The van der Waals surface area contributed by atoms with Crippen LogP contribution in [0.4, 0.5) is 4.79 Å². The van der Waals surface area contributed by atoms with E-state index >= 15 is 0 Å². The molecule has 3 nitrogen and oxygen atoms in total. The van der Waals surface area contributed by atoms with Crippen molar-refractivity contribution in [3.63, 3.8) is 0 Å². The number of carbonyl (C=O) groups excluding carboxylic acids is 1. The minimum Gasteiger partial charge on any atom is -0.444 e. The Hall–Kier alpha value is -0.700. The summed E-state index contributed by atoms with van der Waals surface area (Å²) in [5.41, 5.74) is 0. The zero-order valence-electron chi connectivity index (χ0n) is 6.55. The summed E-state index contributed by atoms with van der Waals surface area (Å²) in [6.45, 7) is 6.02. The van der Waals surface area contributed by atoms with Crippen molar-refractivity contribution in [2.75, 3.05) is 13.2 Å². The summed E-state index contributed by atoms with van der Waals surface area (Å²) in [6.07, 6.45) is 1.79. The number of nitrogens with zero attached hydrogens (tertiary/aromatic N) is 1. The lowest BCUT2D eigenvalue weighted by atomic mass is 10.5. The van der Waals surface area contributed by atoms with Crippen LogP contribution in [-0.2, 0) is 4.74 Å². The van der Waals surface area contributed by atoms with E-state index in [9.17, 15) is 4.79 Å². The molecule has 0 saturated carbocycles. The van der Waals surface area contributed by atoms with E-state index in [0.29, 0.717) is 6.54 Å². The van der Waals surface area contributed by atoms with Crippen LogP contribution in [0.3, 0.4) is 0 Å². The molecule has 1 amide bonds. The van der Waals surface area contributed by atoms with Gasteiger partial charge in [-0.15, -0.1) is 0 Å². The number of carbonyl (C=O) groups is 1. The van der Waals surface area contributed by atoms with Gasteiger partial charge in [0.15, 0.2) is 0 Å². The van der Waals surface area contributed by atoms with Crippen LogP contribution in [-0.4, -0.2) is 23.7 Å². The van der Waals surface area contributed by atoms with Crippen molar-refractivity contribution in [1.82, 2.24) is 4.42 Å². The summed E-state index contributed by atoms with van der Waals surface area (Å²) in [6, 6.07) is 0. The molecule has 0 fully saturated rings. The number of rotatable bonds is 4. The highest BCUT2D eigenvalue weighted by molar-refractivity contribution is 6.20. The summed E-state index contributed by atoms with van der Waals surface area (Å²) in [4.78, 5) is 10.8. The first-order chi connectivity index (χ1) is 5.22. The van der Waals surface area contributed by atoms with Gasteiger partial charge in [0.25, 0.3) is 0 Å². The van der Waals surface area contributed by atoms with Gasteiger partial charge in [-0.2, -0.15) is 0 Å². The number of amides is 1. The molecule has 0 bridgehead atoms. The molecule has 64 valence electrons. The van der Waals surface area contributed by atoms with Crippen LogP contribution in [0.1, 0.15) is 13.3 Å². The fourth-order valence-electron chi connectivity index (χ4n) is 0.488. The molecule has 0 aliphatic heterocycles. The van der Waals surface area contributed by atoms with Crippen molar-refractivity contribution >= 4 is 17.9 Å². The molecule has 0 spiro atoms. The highest BCUT2D eigenvalue weighted by atomic mass is 35.5. The Balaban J connectivity index is 3.54. The molecule has 0 saturated heterocycles. The molecule has 0 atom stereocenters. The summed E-state index contributed by atoms with van der Waals surface area (Å²) in [5.74, 6) is 0. The first-order valence-corrected chi connectivity index (χ1v) is 3.77. The summed E-state index contributed by atoms with van der Waals surface area (Å²) >= 11 is 5.49. The van der Waals surface area contributed by atoms with Crippen LogP contribution in [0.15, 0.2) is 12.7 Å². The van der Waals surface area contributed by atoms with Crippen LogP contribution >= 0.6 is 11.8 Å². The van der Waals surface area contributed by atoms with E-state index < -0.39 is 6.09 Å². The van der Waals surface area contributed by atoms with E-state index in [2.05, 4.69) is 11.3 Å². The second kappa shape index (κ2) is 6.04. The molecule has 0 aromatic heterocycles. The van der Waals surface area contributed by atoms with Gasteiger partial charge >= 0.3 is 6.09 Å². The van der Waals surface area contributed by atoms with Gasteiger partial charge in [0.05, 0.1) is 0 Å². The molecule has 4 heteroatoms. The Bertz CT molecular complexity index is 138. The third kappa shape index (κ3) is 4.67. The van der Waals surface area contributed by atoms with Crippen molar-refractivity contribution < 1.29 is 9.53 Å². The first-order valence-electron chi connectivity index (χ1n) is 3.43. The van der Waals surface area contributed by atoms with Gasteiger partial charge in [-0.25, -0.2) is 9.21 Å². The lowest BCUT2D eigenvalue weighted by Crippen LogP contribution is -2.23. The van der Waals surface area contributed by atoms with Crippen molar-refractivity contribution in [1.29, 1.82) is 0 Å². The van der Waals surface area contributed by atoms with Crippen LogP contribution in [0.5, 0.6) is 0 Å². The number of ether oxygens (including phenoxy) is 1. The van der Waals surface area contributed by atoms with Crippen LogP contribution in [0.25, 0.3) is 0 Å². The predicted octanol–water partition coefficient (Wildman–Crippen LogP) is 2.17. The third-order valence-electron chi connectivity index (χ3n) is 0.943. The fourth-order valence-corrected chi connectivity index (χ4v) is 0.706. The number of hydrogen-bond donors (Lipinski definition) is 0. The Morgan fingerprint density at radius 2 is 2.45 bits per heavy atom. The van der Waals surface area contributed by atoms with Crippen molar-refractivity contribution in [2.24, 2.45) is 0 Å². The predicted molar refractivity (Wildman–Crippen MR) is 44.4 cm³/mol. The van der Waals surface area contributed by atoms with Gasteiger partial charge in [0, 0.05) is 18.3 Å². The molecular formula is C7H12ClNO2. The zero-order chi connectivity index (χ0) is 8.69. The lowest BCUT2D eigenvalue weighted by Gasteiger charge is -2.11. The molecule has 0 aromatic carbocycles. The molecule has 0 radical (unpaired) electrons. The average Bonchev–Trinajstić information content (AvgIpc) is 2.00. The van der Waals surface area contributed by atoms with E-state index in [0.717, 1.165) is 10.8 Å². The van der Waals surface area contributed by atoms with E-state index in [1.54, 1.807) is 0 Å². The maximum absolute atomic E-state index is 10.8. The minimum atomic E-state index is -0.520. The fraction of sp³-hybridized carbons (Fsp3) is 0.571. The molecule has 0 aromatic rings. The Morgan fingerprint density at radius 1 is 1.82 bits per heavy atom. The highest BCUT2D eigenvalue weighted by Crippen LogP contribution is 1.99. The average molecular weight is 178 g/mol. The van der Waals surface area contributed by atoms with Crippen LogP contribution in [0.2, 0.25) is 0 Å². The number of halogens is 1. The zero-order valence-corrected chi connectivity index (χ0v) is 7.30. The molecule has 0 rings (SSSR count). The summed E-state index contributed by atoms with van der Waals surface area (Å²) < 4.78 is 5.66. The third-order valence-corrected chi connectivity index (χ3v) is 1.25. The quantitative estimate of drug-likeness (QED) is 0.487. The SMILES string of the molecule is C=CCOC(=O)N(Cl)CCC. The minimum absolute atomic E-state index is 0.200. The Kier molecular flexibility index (Phi) is 5.65. The van der Waals surface area contributed by atoms with Crippen molar-refractivity contribution in [3.8, 4) is 0 Å². The Morgan fingerprint density at radius 3 is 2.91 bits per heavy atom.